The Morgan fingerprint density at radius 3 is 3.10 bits per heavy atom. The Labute approximate surface area is 180 Å². The van der Waals surface area contributed by atoms with E-state index in [0.717, 1.165) is 48.4 Å². The van der Waals surface area contributed by atoms with Crippen LogP contribution in [0.3, 0.4) is 0 Å². The molecule has 0 saturated heterocycles. The summed E-state index contributed by atoms with van der Waals surface area (Å²) in [4.78, 5) is 23.1. The van der Waals surface area contributed by atoms with E-state index < -0.39 is 0 Å². The molecule has 0 saturated carbocycles. The Bertz CT molecular complexity index is 1250. The molecule has 2 atom stereocenters. The number of rotatable bonds is 6. The molecule has 156 valence electrons. The SMILES string of the molecule is C[C@@H]1CCc2c(sc3nc([C@@H](C)[NH2+]CCCn4ccc5ccccc54)[nH]c(=O)c23)C1. The zero-order valence-corrected chi connectivity index (χ0v) is 18.5. The third-order valence-corrected chi connectivity index (χ3v) is 7.57. The summed E-state index contributed by atoms with van der Waals surface area (Å²) < 4.78 is 2.32. The fourth-order valence-electron chi connectivity index (χ4n) is 4.66. The molecule has 4 aromatic rings. The topological polar surface area (TPSA) is 67.3 Å². The van der Waals surface area contributed by atoms with Gasteiger partial charge in [-0.3, -0.25) is 4.79 Å². The number of hydrogen-bond acceptors (Lipinski definition) is 3. The van der Waals surface area contributed by atoms with Gasteiger partial charge in [-0.2, -0.15) is 0 Å². The van der Waals surface area contributed by atoms with E-state index >= 15 is 0 Å². The maximum atomic E-state index is 12.8. The monoisotopic (exact) mass is 421 g/mol. The van der Waals surface area contributed by atoms with Gasteiger partial charge in [-0.25, -0.2) is 4.98 Å². The van der Waals surface area contributed by atoms with E-state index in [1.54, 1.807) is 11.3 Å². The second-order valence-electron chi connectivity index (χ2n) is 8.72. The standard InChI is InChI=1S/C24H28N4OS/c1-15-8-9-18-20(14-15)30-24-21(18)23(29)26-22(27-24)16(2)25-11-5-12-28-13-10-17-6-3-4-7-19(17)28/h3-4,6-7,10,13,15-16,25H,5,8-9,11-12,14H2,1-2H3,(H,26,27,29)/p+1/t15-,16-/m1/s1. The van der Waals surface area contributed by atoms with Crippen molar-refractivity contribution in [3.05, 3.63) is 63.1 Å². The van der Waals surface area contributed by atoms with E-state index in [2.05, 4.69) is 65.2 Å². The third-order valence-electron chi connectivity index (χ3n) is 6.42. The van der Waals surface area contributed by atoms with Gasteiger partial charge in [-0.05, 0) is 55.2 Å². The average molecular weight is 422 g/mol. The Morgan fingerprint density at radius 2 is 2.20 bits per heavy atom. The minimum atomic E-state index is 0.0427. The van der Waals surface area contributed by atoms with Crippen molar-refractivity contribution in [2.45, 2.75) is 52.1 Å². The number of nitrogens with two attached hydrogens (primary N) is 1. The summed E-state index contributed by atoms with van der Waals surface area (Å²) in [5.74, 6) is 1.50. The van der Waals surface area contributed by atoms with Crippen molar-refractivity contribution in [2.75, 3.05) is 6.54 Å². The van der Waals surface area contributed by atoms with Crippen LogP contribution in [0.5, 0.6) is 0 Å². The first-order valence-electron chi connectivity index (χ1n) is 11.0. The van der Waals surface area contributed by atoms with Gasteiger partial charge in [-0.15, -0.1) is 11.3 Å². The van der Waals surface area contributed by atoms with E-state index in [0.29, 0.717) is 5.92 Å². The predicted molar refractivity (Wildman–Crippen MR) is 123 cm³/mol. The second-order valence-corrected chi connectivity index (χ2v) is 9.80. The number of hydrogen-bond donors (Lipinski definition) is 2. The molecule has 1 aliphatic carbocycles. The van der Waals surface area contributed by atoms with Crippen molar-refractivity contribution in [2.24, 2.45) is 5.92 Å². The molecule has 3 N–H and O–H groups in total. The number of benzene rings is 1. The average Bonchev–Trinajstić information content (AvgIpc) is 3.31. The first-order valence-corrected chi connectivity index (χ1v) is 11.8. The third kappa shape index (κ3) is 3.59. The van der Waals surface area contributed by atoms with Crippen LogP contribution in [0.25, 0.3) is 21.1 Å². The van der Waals surface area contributed by atoms with Gasteiger partial charge in [0.25, 0.3) is 5.56 Å². The minimum absolute atomic E-state index is 0.0427. The van der Waals surface area contributed by atoms with Gasteiger partial charge in [0.1, 0.15) is 10.9 Å². The number of thiophene rings is 1. The van der Waals surface area contributed by atoms with Crippen LogP contribution < -0.4 is 10.9 Å². The number of aryl methyl sites for hydroxylation is 2. The number of para-hydroxylation sites is 1. The quantitative estimate of drug-likeness (QED) is 0.465. The normalized spacial score (nSPS) is 17.5. The summed E-state index contributed by atoms with van der Waals surface area (Å²) in [6.07, 6.45) is 6.50. The van der Waals surface area contributed by atoms with Gasteiger partial charge in [0.2, 0.25) is 0 Å². The Hall–Kier alpha value is -2.44. The van der Waals surface area contributed by atoms with Gasteiger partial charge >= 0.3 is 0 Å². The summed E-state index contributed by atoms with van der Waals surface area (Å²) in [6.45, 7) is 6.41. The molecule has 0 fully saturated rings. The smallest absolute Gasteiger partial charge is 0.260 e. The fourth-order valence-corrected chi connectivity index (χ4v) is 6.05. The Morgan fingerprint density at radius 1 is 1.33 bits per heavy atom. The molecule has 5 rings (SSSR count). The number of nitrogens with one attached hydrogen (secondary N) is 1. The number of quaternary nitrogens is 1. The Balaban J connectivity index is 1.26. The van der Waals surface area contributed by atoms with E-state index in [9.17, 15) is 4.79 Å². The first-order chi connectivity index (χ1) is 14.6. The van der Waals surface area contributed by atoms with Crippen LogP contribution in [-0.2, 0) is 19.4 Å². The van der Waals surface area contributed by atoms with Crippen LogP contribution in [0.15, 0.2) is 41.3 Å². The van der Waals surface area contributed by atoms with Crippen molar-refractivity contribution >= 4 is 32.5 Å². The number of fused-ring (bicyclic) bond motifs is 4. The van der Waals surface area contributed by atoms with E-state index in [1.807, 2.05) is 0 Å². The highest BCUT2D eigenvalue weighted by Gasteiger charge is 2.24. The lowest BCUT2D eigenvalue weighted by Crippen LogP contribution is -2.85. The van der Waals surface area contributed by atoms with Crippen LogP contribution in [0.1, 0.15) is 49.0 Å². The van der Waals surface area contributed by atoms with Gasteiger partial charge < -0.3 is 14.9 Å². The van der Waals surface area contributed by atoms with Crippen molar-refractivity contribution in [1.82, 2.24) is 14.5 Å². The van der Waals surface area contributed by atoms with Gasteiger partial charge in [0.15, 0.2) is 5.82 Å². The maximum absolute atomic E-state index is 12.8. The molecule has 30 heavy (non-hydrogen) atoms. The molecule has 5 nitrogen and oxygen atoms in total. The highest BCUT2D eigenvalue weighted by Crippen LogP contribution is 2.35. The summed E-state index contributed by atoms with van der Waals surface area (Å²) in [6, 6.07) is 10.8. The highest BCUT2D eigenvalue weighted by atomic mass is 32.1. The minimum Gasteiger partial charge on any atom is -0.347 e. The number of aromatic amines is 1. The molecule has 0 amide bonds. The van der Waals surface area contributed by atoms with E-state index in [1.165, 1.54) is 27.8 Å². The number of aromatic nitrogens is 3. The molecule has 3 heterocycles. The molecule has 1 aromatic carbocycles. The molecule has 0 bridgehead atoms. The molecule has 0 aliphatic heterocycles. The van der Waals surface area contributed by atoms with Crippen LogP contribution in [-0.4, -0.2) is 21.1 Å². The van der Waals surface area contributed by atoms with Gasteiger partial charge in [-0.1, -0.05) is 25.1 Å². The van der Waals surface area contributed by atoms with Gasteiger partial charge in [0.05, 0.1) is 11.9 Å². The molecule has 0 unspecified atom stereocenters. The van der Waals surface area contributed by atoms with E-state index in [-0.39, 0.29) is 11.6 Å². The molecule has 3 aromatic heterocycles. The van der Waals surface area contributed by atoms with Crippen molar-refractivity contribution in [3.63, 3.8) is 0 Å². The zero-order chi connectivity index (χ0) is 20.7. The highest BCUT2D eigenvalue weighted by molar-refractivity contribution is 7.18. The lowest BCUT2D eigenvalue weighted by molar-refractivity contribution is -0.694. The summed E-state index contributed by atoms with van der Waals surface area (Å²) in [5, 5.41) is 4.42. The first kappa shape index (κ1) is 19.5. The van der Waals surface area contributed by atoms with Crippen molar-refractivity contribution in [1.29, 1.82) is 0 Å². The molecule has 1 aliphatic rings. The molecule has 6 heteroatoms. The molecular weight excluding hydrogens is 392 g/mol. The summed E-state index contributed by atoms with van der Waals surface area (Å²) >= 11 is 1.73. The van der Waals surface area contributed by atoms with Gasteiger partial charge in [0, 0.05) is 29.6 Å². The van der Waals surface area contributed by atoms with Crippen LogP contribution in [0.2, 0.25) is 0 Å². The zero-order valence-electron chi connectivity index (χ0n) is 17.6. The van der Waals surface area contributed by atoms with E-state index in [4.69, 9.17) is 4.98 Å². The van der Waals surface area contributed by atoms with Crippen molar-refractivity contribution in [3.8, 4) is 0 Å². The fraction of sp³-hybridized carbons (Fsp3) is 0.417. The summed E-state index contributed by atoms with van der Waals surface area (Å²) in [5.41, 5.74) is 2.59. The second kappa shape index (κ2) is 8.00. The van der Waals surface area contributed by atoms with Crippen LogP contribution in [0.4, 0.5) is 0 Å². The summed E-state index contributed by atoms with van der Waals surface area (Å²) in [7, 11) is 0. The largest absolute Gasteiger partial charge is 0.347 e. The molecular formula is C24H29N4OS+. The predicted octanol–water partition coefficient (Wildman–Crippen LogP) is 3.78. The molecule has 0 radical (unpaired) electrons. The maximum Gasteiger partial charge on any atom is 0.260 e. The lowest BCUT2D eigenvalue weighted by Gasteiger charge is -2.17. The van der Waals surface area contributed by atoms with Crippen molar-refractivity contribution < 1.29 is 5.32 Å². The number of nitrogens with zero attached hydrogens (tertiary/aromatic N) is 2. The lowest BCUT2D eigenvalue weighted by atomic mass is 9.89. The number of H-pyrrole nitrogens is 1. The molecule has 0 spiro atoms. The van der Waals surface area contributed by atoms with Crippen LogP contribution >= 0.6 is 11.3 Å². The van der Waals surface area contributed by atoms with Crippen LogP contribution in [0, 0.1) is 5.92 Å². The Kier molecular flexibility index (Phi) is 5.21.